The van der Waals surface area contributed by atoms with Crippen LogP contribution in [0.3, 0.4) is 0 Å². The van der Waals surface area contributed by atoms with Crippen LogP contribution in [0.1, 0.15) is 30.1 Å². The van der Waals surface area contributed by atoms with Crippen LogP contribution in [0.4, 0.5) is 0 Å². The molecule has 112 valence electrons. The van der Waals surface area contributed by atoms with Crippen LogP contribution in [-0.4, -0.2) is 30.3 Å². The van der Waals surface area contributed by atoms with E-state index in [1.54, 1.807) is 19.5 Å². The number of ether oxygens (including phenoxy) is 1. The van der Waals surface area contributed by atoms with Crippen molar-refractivity contribution in [3.05, 3.63) is 59.9 Å². The van der Waals surface area contributed by atoms with Gasteiger partial charge in [-0.25, -0.2) is 0 Å². The lowest BCUT2D eigenvalue weighted by atomic mass is 10.0. The maximum Gasteiger partial charge on any atom is 0.118 e. The molecule has 1 heterocycles. The Morgan fingerprint density at radius 3 is 2.33 bits per heavy atom. The van der Waals surface area contributed by atoms with Crippen LogP contribution in [-0.2, 0) is 0 Å². The number of rotatable bonds is 7. The van der Waals surface area contributed by atoms with Crippen LogP contribution in [0.5, 0.6) is 5.75 Å². The summed E-state index contributed by atoms with van der Waals surface area (Å²) in [5, 5.41) is 13.4. The average molecular weight is 286 g/mol. The summed E-state index contributed by atoms with van der Waals surface area (Å²) in [6.07, 6.45) is 2.88. The Hall–Kier alpha value is -1.91. The molecule has 0 fully saturated rings. The number of aromatic nitrogens is 1. The van der Waals surface area contributed by atoms with Crippen LogP contribution >= 0.6 is 0 Å². The summed E-state index contributed by atoms with van der Waals surface area (Å²) in [5.41, 5.74) is 2.14. The molecule has 4 heteroatoms. The number of hydrogen-bond acceptors (Lipinski definition) is 4. The van der Waals surface area contributed by atoms with Crippen molar-refractivity contribution < 1.29 is 9.84 Å². The van der Waals surface area contributed by atoms with Gasteiger partial charge in [0.1, 0.15) is 5.75 Å². The molecule has 1 aromatic carbocycles. The Kier molecular flexibility index (Phi) is 5.72. The molecule has 2 N–H and O–H groups in total. The highest BCUT2D eigenvalue weighted by Gasteiger charge is 2.09. The lowest BCUT2D eigenvalue weighted by Crippen LogP contribution is -2.25. The van der Waals surface area contributed by atoms with Gasteiger partial charge in [-0.3, -0.25) is 4.98 Å². The Morgan fingerprint density at radius 1 is 1.05 bits per heavy atom. The second-order valence-electron chi connectivity index (χ2n) is 5.13. The number of hydrogen-bond donors (Lipinski definition) is 2. The maximum absolute atomic E-state index is 10.1. The summed E-state index contributed by atoms with van der Waals surface area (Å²) in [6, 6.07) is 11.8. The molecule has 2 rings (SSSR count). The molecule has 2 unspecified atom stereocenters. The third kappa shape index (κ3) is 4.55. The fourth-order valence-electron chi connectivity index (χ4n) is 2.19. The number of nitrogens with one attached hydrogen (secondary N) is 1. The molecule has 1 aromatic heterocycles. The van der Waals surface area contributed by atoms with Crippen molar-refractivity contribution in [3.63, 3.8) is 0 Å². The van der Waals surface area contributed by atoms with Crippen LogP contribution in [0, 0.1) is 0 Å². The summed E-state index contributed by atoms with van der Waals surface area (Å²) in [5.74, 6) is 1.24. The molecular formula is C17H22N2O2. The second-order valence-corrected chi connectivity index (χ2v) is 5.13. The lowest BCUT2D eigenvalue weighted by Gasteiger charge is -2.16. The number of aliphatic hydroxyl groups is 1. The quantitative estimate of drug-likeness (QED) is 0.821. The summed E-state index contributed by atoms with van der Waals surface area (Å²) < 4.78 is 5.16. The predicted octanol–water partition coefficient (Wildman–Crippen LogP) is 2.52. The van der Waals surface area contributed by atoms with Crippen molar-refractivity contribution in [2.45, 2.75) is 18.9 Å². The lowest BCUT2D eigenvalue weighted by molar-refractivity contribution is 0.174. The zero-order valence-electron chi connectivity index (χ0n) is 12.5. The molecule has 0 aliphatic heterocycles. The molecule has 0 saturated carbocycles. The molecule has 0 radical (unpaired) electrons. The Morgan fingerprint density at radius 2 is 1.71 bits per heavy atom. The fourth-order valence-corrected chi connectivity index (χ4v) is 2.19. The number of methoxy groups -OCH3 is 1. The van der Waals surface area contributed by atoms with E-state index in [1.807, 2.05) is 24.3 Å². The van der Waals surface area contributed by atoms with E-state index >= 15 is 0 Å². The molecule has 0 spiro atoms. The van der Waals surface area contributed by atoms with Crippen molar-refractivity contribution in [2.75, 3.05) is 20.2 Å². The zero-order valence-corrected chi connectivity index (χ0v) is 12.5. The van der Waals surface area contributed by atoms with Gasteiger partial charge < -0.3 is 15.2 Å². The highest BCUT2D eigenvalue weighted by atomic mass is 16.5. The molecule has 0 saturated heterocycles. The van der Waals surface area contributed by atoms with Gasteiger partial charge in [0.05, 0.1) is 13.2 Å². The minimum absolute atomic E-state index is 0.376. The van der Waals surface area contributed by atoms with E-state index in [9.17, 15) is 5.11 Å². The van der Waals surface area contributed by atoms with E-state index in [0.29, 0.717) is 12.5 Å². The number of benzene rings is 1. The zero-order chi connectivity index (χ0) is 15.1. The topological polar surface area (TPSA) is 54.4 Å². The number of nitrogens with zero attached hydrogens (tertiary/aromatic N) is 1. The van der Waals surface area contributed by atoms with E-state index in [4.69, 9.17) is 4.74 Å². The van der Waals surface area contributed by atoms with E-state index in [0.717, 1.165) is 17.9 Å². The first-order valence-electron chi connectivity index (χ1n) is 7.13. The van der Waals surface area contributed by atoms with E-state index in [2.05, 4.69) is 29.4 Å². The fraction of sp³-hybridized carbons (Fsp3) is 0.353. The number of pyridine rings is 1. The minimum atomic E-state index is -0.504. The molecular weight excluding hydrogens is 264 g/mol. The molecule has 0 amide bonds. The molecule has 2 aromatic rings. The minimum Gasteiger partial charge on any atom is -0.497 e. The highest BCUT2D eigenvalue weighted by Crippen LogP contribution is 2.18. The summed E-state index contributed by atoms with van der Waals surface area (Å²) in [7, 11) is 1.67. The summed E-state index contributed by atoms with van der Waals surface area (Å²) in [4.78, 5) is 3.95. The van der Waals surface area contributed by atoms with Crippen LogP contribution in [0.25, 0.3) is 0 Å². The molecule has 0 aliphatic rings. The summed E-state index contributed by atoms with van der Waals surface area (Å²) >= 11 is 0. The molecule has 0 bridgehead atoms. The molecule has 4 nitrogen and oxygen atoms in total. The SMILES string of the molecule is COc1ccc(C(C)CNCC(O)c2ccncc2)cc1. The van der Waals surface area contributed by atoms with Gasteiger partial charge in [-0.2, -0.15) is 0 Å². The highest BCUT2D eigenvalue weighted by molar-refractivity contribution is 5.29. The van der Waals surface area contributed by atoms with Gasteiger partial charge in [0.25, 0.3) is 0 Å². The third-order valence-corrected chi connectivity index (χ3v) is 3.56. The van der Waals surface area contributed by atoms with Gasteiger partial charge in [0, 0.05) is 25.5 Å². The maximum atomic E-state index is 10.1. The predicted molar refractivity (Wildman–Crippen MR) is 83.5 cm³/mol. The van der Waals surface area contributed by atoms with Gasteiger partial charge in [-0.1, -0.05) is 19.1 Å². The van der Waals surface area contributed by atoms with Crippen molar-refractivity contribution in [3.8, 4) is 5.75 Å². The van der Waals surface area contributed by atoms with Crippen LogP contribution < -0.4 is 10.1 Å². The third-order valence-electron chi connectivity index (χ3n) is 3.56. The second kappa shape index (κ2) is 7.76. The molecule has 0 aliphatic carbocycles. The van der Waals surface area contributed by atoms with Crippen molar-refractivity contribution in [1.82, 2.24) is 10.3 Å². The monoisotopic (exact) mass is 286 g/mol. The molecule has 21 heavy (non-hydrogen) atoms. The Labute approximate surface area is 125 Å². The molecule has 2 atom stereocenters. The van der Waals surface area contributed by atoms with E-state index in [-0.39, 0.29) is 0 Å². The van der Waals surface area contributed by atoms with Gasteiger partial charge in [0.15, 0.2) is 0 Å². The largest absolute Gasteiger partial charge is 0.497 e. The van der Waals surface area contributed by atoms with E-state index < -0.39 is 6.10 Å². The smallest absolute Gasteiger partial charge is 0.118 e. The first kappa shape index (κ1) is 15.5. The first-order chi connectivity index (χ1) is 10.2. The van der Waals surface area contributed by atoms with Crippen molar-refractivity contribution >= 4 is 0 Å². The van der Waals surface area contributed by atoms with Crippen LogP contribution in [0.15, 0.2) is 48.8 Å². The Balaban J connectivity index is 1.79. The Bertz CT molecular complexity index is 528. The normalized spacial score (nSPS) is 13.7. The summed E-state index contributed by atoms with van der Waals surface area (Å²) in [6.45, 7) is 3.51. The van der Waals surface area contributed by atoms with Gasteiger partial charge >= 0.3 is 0 Å². The van der Waals surface area contributed by atoms with Gasteiger partial charge in [-0.05, 0) is 41.3 Å². The van der Waals surface area contributed by atoms with Crippen molar-refractivity contribution in [1.29, 1.82) is 0 Å². The van der Waals surface area contributed by atoms with E-state index in [1.165, 1.54) is 5.56 Å². The standard InChI is InChI=1S/C17H22N2O2/c1-13(14-3-5-16(21-2)6-4-14)11-19-12-17(20)15-7-9-18-10-8-15/h3-10,13,17,19-20H,11-12H2,1-2H3. The number of aliphatic hydroxyl groups excluding tert-OH is 1. The van der Waals surface area contributed by atoms with Crippen molar-refractivity contribution in [2.24, 2.45) is 0 Å². The van der Waals surface area contributed by atoms with Crippen LogP contribution in [0.2, 0.25) is 0 Å². The average Bonchev–Trinajstić information content (AvgIpc) is 2.55. The van der Waals surface area contributed by atoms with Gasteiger partial charge in [-0.15, -0.1) is 0 Å². The van der Waals surface area contributed by atoms with Gasteiger partial charge in [0.2, 0.25) is 0 Å². The first-order valence-corrected chi connectivity index (χ1v) is 7.13.